The summed E-state index contributed by atoms with van der Waals surface area (Å²) in [5, 5.41) is 18.0. The van der Waals surface area contributed by atoms with Gasteiger partial charge in [-0.25, -0.2) is 0 Å². The van der Waals surface area contributed by atoms with Gasteiger partial charge in [0.1, 0.15) is 0 Å². The molecule has 0 aromatic carbocycles. The molecule has 2 N–H and O–H groups in total. The van der Waals surface area contributed by atoms with Crippen LogP contribution in [-0.4, -0.2) is 54.9 Å². The second-order valence-electron chi connectivity index (χ2n) is 8.53. The first-order chi connectivity index (χ1) is 11.6. The highest BCUT2D eigenvalue weighted by atomic mass is 32.2. The van der Waals surface area contributed by atoms with Gasteiger partial charge in [0.05, 0.1) is 0 Å². The van der Waals surface area contributed by atoms with Gasteiger partial charge in [-0.2, -0.15) is 0 Å². The quantitative estimate of drug-likeness (QED) is 0.420. The monoisotopic (exact) mass is 396 g/mol. The van der Waals surface area contributed by atoms with Gasteiger partial charge in [-0.1, -0.05) is 27.7 Å². The van der Waals surface area contributed by atoms with E-state index in [-0.39, 0.29) is 24.0 Å². The van der Waals surface area contributed by atoms with Crippen molar-refractivity contribution < 1.29 is 18.6 Å². The van der Waals surface area contributed by atoms with E-state index in [2.05, 4.69) is 27.7 Å². The van der Waals surface area contributed by atoms with E-state index in [9.17, 15) is 8.42 Å². The third-order valence-corrected chi connectivity index (χ3v) is 7.75. The summed E-state index contributed by atoms with van der Waals surface area (Å²) in [6.45, 7) is 8.96. The van der Waals surface area contributed by atoms with Gasteiger partial charge in [-0.15, -0.1) is 0 Å². The van der Waals surface area contributed by atoms with Crippen LogP contribution in [0.2, 0.25) is 0 Å². The first-order valence-electron chi connectivity index (χ1n) is 9.53. The SMILES string of the molecule is CC(C)(CCO)CCCS(=O)CCCS(=O)CCCC(C)(C)CCO. The molecule has 2 atom stereocenters. The molecule has 0 radical (unpaired) electrons. The molecule has 0 rings (SSSR count). The maximum Gasteiger partial charge on any atom is 0.0436 e. The molecule has 0 aliphatic heterocycles. The topological polar surface area (TPSA) is 74.6 Å². The average Bonchev–Trinajstić information content (AvgIpc) is 2.46. The Morgan fingerprint density at radius 3 is 1.24 bits per heavy atom. The molecule has 0 aliphatic rings. The fourth-order valence-corrected chi connectivity index (χ4v) is 5.32. The lowest BCUT2D eigenvalue weighted by molar-refractivity contribution is 0.201. The summed E-state index contributed by atoms with van der Waals surface area (Å²) in [6.07, 6.45) is 6.13. The molecule has 25 heavy (non-hydrogen) atoms. The van der Waals surface area contributed by atoms with Crippen molar-refractivity contribution in [2.45, 2.75) is 72.6 Å². The summed E-state index contributed by atoms with van der Waals surface area (Å²) < 4.78 is 24.0. The zero-order valence-electron chi connectivity index (χ0n) is 16.7. The van der Waals surface area contributed by atoms with Crippen LogP contribution >= 0.6 is 0 Å². The molecular weight excluding hydrogens is 356 g/mol. The van der Waals surface area contributed by atoms with Crippen molar-refractivity contribution in [1.82, 2.24) is 0 Å². The van der Waals surface area contributed by atoms with Crippen LogP contribution in [-0.2, 0) is 21.6 Å². The highest BCUT2D eigenvalue weighted by molar-refractivity contribution is 7.85. The first kappa shape index (κ1) is 25.2. The Labute approximate surface area is 160 Å². The lowest BCUT2D eigenvalue weighted by Crippen LogP contribution is -2.16. The number of rotatable bonds is 16. The summed E-state index contributed by atoms with van der Waals surface area (Å²) >= 11 is 0. The average molecular weight is 397 g/mol. The minimum absolute atomic E-state index is 0.115. The van der Waals surface area contributed by atoms with Gasteiger partial charge in [-0.05, 0) is 55.8 Å². The molecule has 0 aromatic rings. The van der Waals surface area contributed by atoms with E-state index >= 15 is 0 Å². The van der Waals surface area contributed by atoms with Crippen molar-refractivity contribution in [3.8, 4) is 0 Å². The second kappa shape index (κ2) is 13.4. The van der Waals surface area contributed by atoms with Crippen LogP contribution < -0.4 is 0 Å². The molecule has 0 bridgehead atoms. The molecule has 0 saturated carbocycles. The van der Waals surface area contributed by atoms with E-state index in [1.165, 1.54) is 0 Å². The van der Waals surface area contributed by atoms with Gasteiger partial charge in [-0.3, -0.25) is 8.42 Å². The Hall–Kier alpha value is 0.220. The van der Waals surface area contributed by atoms with Crippen LogP contribution in [0.4, 0.5) is 0 Å². The molecule has 152 valence electrons. The Morgan fingerprint density at radius 2 is 0.920 bits per heavy atom. The summed E-state index contributed by atoms with van der Waals surface area (Å²) in [4.78, 5) is 0. The van der Waals surface area contributed by atoms with Crippen LogP contribution in [0.15, 0.2) is 0 Å². The highest BCUT2D eigenvalue weighted by Gasteiger charge is 2.18. The van der Waals surface area contributed by atoms with E-state index in [0.29, 0.717) is 23.0 Å². The van der Waals surface area contributed by atoms with Gasteiger partial charge in [0.15, 0.2) is 0 Å². The Morgan fingerprint density at radius 1 is 0.600 bits per heavy atom. The summed E-state index contributed by atoms with van der Waals surface area (Å²) in [7, 11) is -1.64. The molecular formula is C19H40O4S2. The Kier molecular flexibility index (Phi) is 13.5. The summed E-state index contributed by atoms with van der Waals surface area (Å²) in [5.74, 6) is 2.69. The number of aliphatic hydroxyl groups is 2. The van der Waals surface area contributed by atoms with Gasteiger partial charge < -0.3 is 10.2 Å². The molecule has 0 amide bonds. The van der Waals surface area contributed by atoms with E-state index in [4.69, 9.17) is 10.2 Å². The first-order valence-corrected chi connectivity index (χ1v) is 12.5. The van der Waals surface area contributed by atoms with Crippen LogP contribution in [0.5, 0.6) is 0 Å². The third kappa shape index (κ3) is 15.0. The van der Waals surface area contributed by atoms with Gasteiger partial charge in [0, 0.05) is 57.8 Å². The zero-order chi connectivity index (χ0) is 19.3. The van der Waals surface area contributed by atoms with Crippen molar-refractivity contribution >= 4 is 21.6 Å². The van der Waals surface area contributed by atoms with Gasteiger partial charge in [0.25, 0.3) is 0 Å². The van der Waals surface area contributed by atoms with E-state index in [1.807, 2.05) is 0 Å². The Balaban J connectivity index is 3.75. The fraction of sp³-hybridized carbons (Fsp3) is 1.00. The smallest absolute Gasteiger partial charge is 0.0436 e. The van der Waals surface area contributed by atoms with Crippen molar-refractivity contribution in [2.24, 2.45) is 10.8 Å². The van der Waals surface area contributed by atoms with Crippen molar-refractivity contribution in [3.63, 3.8) is 0 Å². The number of aliphatic hydroxyl groups excluding tert-OH is 2. The molecule has 4 nitrogen and oxygen atoms in total. The van der Waals surface area contributed by atoms with E-state index in [1.54, 1.807) is 0 Å². The predicted molar refractivity (Wildman–Crippen MR) is 110 cm³/mol. The molecule has 0 aliphatic carbocycles. The van der Waals surface area contributed by atoms with Gasteiger partial charge in [0.2, 0.25) is 0 Å². The molecule has 0 fully saturated rings. The van der Waals surface area contributed by atoms with Crippen LogP contribution in [0.3, 0.4) is 0 Å². The van der Waals surface area contributed by atoms with Crippen molar-refractivity contribution in [3.05, 3.63) is 0 Å². The molecule has 0 aromatic heterocycles. The van der Waals surface area contributed by atoms with Crippen LogP contribution in [0.25, 0.3) is 0 Å². The van der Waals surface area contributed by atoms with Gasteiger partial charge >= 0.3 is 0 Å². The molecule has 6 heteroatoms. The summed E-state index contributed by atoms with van der Waals surface area (Å²) in [6, 6.07) is 0. The summed E-state index contributed by atoms with van der Waals surface area (Å²) in [5.41, 5.74) is 0.231. The lowest BCUT2D eigenvalue weighted by Gasteiger charge is -2.23. The predicted octanol–water partition coefficient (Wildman–Crippen LogP) is 3.25. The standard InChI is InChI=1S/C19H40O4S2/c1-18(2,10-12-20)8-5-14-24(22)16-7-17-25(23)15-6-9-19(3,4)11-13-21/h20-21H,5-17H2,1-4H3. The molecule has 0 spiro atoms. The van der Waals surface area contributed by atoms with Crippen molar-refractivity contribution in [1.29, 1.82) is 0 Å². The second-order valence-corrected chi connectivity index (χ2v) is 11.9. The zero-order valence-corrected chi connectivity index (χ0v) is 18.4. The normalized spacial score (nSPS) is 15.3. The molecule has 2 unspecified atom stereocenters. The van der Waals surface area contributed by atoms with Crippen molar-refractivity contribution in [2.75, 3.05) is 36.2 Å². The van der Waals surface area contributed by atoms with Crippen LogP contribution in [0.1, 0.15) is 72.6 Å². The lowest BCUT2D eigenvalue weighted by atomic mass is 9.85. The minimum atomic E-state index is -0.822. The fourth-order valence-electron chi connectivity index (χ4n) is 2.86. The van der Waals surface area contributed by atoms with E-state index in [0.717, 1.165) is 44.9 Å². The van der Waals surface area contributed by atoms with Crippen LogP contribution in [0, 0.1) is 10.8 Å². The maximum atomic E-state index is 12.0. The largest absolute Gasteiger partial charge is 0.396 e. The molecule has 0 saturated heterocycles. The Bertz CT molecular complexity index is 359. The number of hydrogen-bond donors (Lipinski definition) is 2. The number of hydrogen-bond acceptors (Lipinski definition) is 4. The molecule has 0 heterocycles. The minimum Gasteiger partial charge on any atom is -0.396 e. The third-order valence-electron chi connectivity index (χ3n) is 4.77. The maximum absolute atomic E-state index is 12.0. The highest BCUT2D eigenvalue weighted by Crippen LogP contribution is 2.27. The van der Waals surface area contributed by atoms with E-state index < -0.39 is 21.6 Å².